The fourth-order valence-electron chi connectivity index (χ4n) is 1.17. The molecular formula is C8H6N2O5S2. The summed E-state index contributed by atoms with van der Waals surface area (Å²) in [5.74, 6) is 0.0922. The SMILES string of the molecule is NS(=O)(=O)c1nc2ccc(OC(=O)O)cc2s1. The topological polar surface area (TPSA) is 120 Å². The molecule has 0 unspecified atom stereocenters. The third kappa shape index (κ3) is 2.52. The summed E-state index contributed by atoms with van der Waals surface area (Å²) in [6, 6.07) is 4.22. The summed E-state index contributed by atoms with van der Waals surface area (Å²) < 4.78 is 26.8. The first-order valence-corrected chi connectivity index (χ1v) is 6.57. The van der Waals surface area contributed by atoms with Crippen molar-refractivity contribution < 1.29 is 23.1 Å². The molecule has 0 saturated carbocycles. The van der Waals surface area contributed by atoms with E-state index in [1.165, 1.54) is 18.2 Å². The highest BCUT2D eigenvalue weighted by molar-refractivity contribution is 7.91. The minimum absolute atomic E-state index is 0.0922. The largest absolute Gasteiger partial charge is 0.511 e. The third-order valence-corrected chi connectivity index (χ3v) is 4.13. The molecule has 2 aromatic rings. The van der Waals surface area contributed by atoms with E-state index >= 15 is 0 Å². The Balaban J connectivity index is 2.52. The van der Waals surface area contributed by atoms with Gasteiger partial charge < -0.3 is 9.84 Å². The smallest absolute Gasteiger partial charge is 0.449 e. The Labute approximate surface area is 99.5 Å². The minimum Gasteiger partial charge on any atom is -0.449 e. The number of nitrogens with zero attached hydrogens (tertiary/aromatic N) is 1. The Morgan fingerprint density at radius 2 is 2.18 bits per heavy atom. The summed E-state index contributed by atoms with van der Waals surface area (Å²) in [5, 5.41) is 13.4. The quantitative estimate of drug-likeness (QED) is 0.622. The number of primary sulfonamides is 1. The van der Waals surface area contributed by atoms with E-state index in [0.29, 0.717) is 10.2 Å². The maximum atomic E-state index is 11.1. The molecule has 0 aliphatic carbocycles. The van der Waals surface area contributed by atoms with Gasteiger partial charge in [-0.25, -0.2) is 23.3 Å². The van der Waals surface area contributed by atoms with Crippen molar-refractivity contribution in [3.8, 4) is 5.75 Å². The number of sulfonamides is 1. The van der Waals surface area contributed by atoms with Crippen molar-refractivity contribution in [1.82, 2.24) is 4.98 Å². The van der Waals surface area contributed by atoms with Crippen LogP contribution < -0.4 is 9.88 Å². The van der Waals surface area contributed by atoms with Gasteiger partial charge in [-0.2, -0.15) is 0 Å². The second-order valence-electron chi connectivity index (χ2n) is 3.02. The Hall–Kier alpha value is -1.71. The molecule has 9 heteroatoms. The van der Waals surface area contributed by atoms with Crippen LogP contribution >= 0.6 is 11.3 Å². The molecule has 0 fully saturated rings. The number of aromatic nitrogens is 1. The lowest BCUT2D eigenvalue weighted by atomic mass is 10.3. The normalized spacial score (nSPS) is 11.6. The predicted molar refractivity (Wildman–Crippen MR) is 59.6 cm³/mol. The highest BCUT2D eigenvalue weighted by atomic mass is 32.2. The lowest BCUT2D eigenvalue weighted by Crippen LogP contribution is -2.11. The van der Waals surface area contributed by atoms with Crippen LogP contribution in [0.15, 0.2) is 22.5 Å². The first kappa shape index (κ1) is 11.8. The van der Waals surface area contributed by atoms with Crippen LogP contribution in [0.1, 0.15) is 0 Å². The second-order valence-corrected chi connectivity index (χ2v) is 5.79. The van der Waals surface area contributed by atoms with Crippen molar-refractivity contribution >= 4 is 37.7 Å². The van der Waals surface area contributed by atoms with Crippen molar-refractivity contribution in [2.24, 2.45) is 5.14 Å². The minimum atomic E-state index is -3.85. The van der Waals surface area contributed by atoms with Crippen molar-refractivity contribution in [3.05, 3.63) is 18.2 Å². The highest BCUT2D eigenvalue weighted by Gasteiger charge is 2.15. The lowest BCUT2D eigenvalue weighted by Gasteiger charge is -1.97. The molecule has 0 radical (unpaired) electrons. The maximum absolute atomic E-state index is 11.1. The molecule has 17 heavy (non-hydrogen) atoms. The van der Waals surface area contributed by atoms with Crippen molar-refractivity contribution in [2.75, 3.05) is 0 Å². The van der Waals surface area contributed by atoms with Gasteiger partial charge in [0.2, 0.25) is 4.34 Å². The van der Waals surface area contributed by atoms with E-state index in [2.05, 4.69) is 9.72 Å². The summed E-state index contributed by atoms with van der Waals surface area (Å²) >= 11 is 0.848. The summed E-state index contributed by atoms with van der Waals surface area (Å²) in [6.45, 7) is 0. The zero-order valence-corrected chi connectivity index (χ0v) is 9.79. The van der Waals surface area contributed by atoms with Gasteiger partial charge in [0.25, 0.3) is 10.0 Å². The van der Waals surface area contributed by atoms with Gasteiger partial charge in [-0.3, -0.25) is 0 Å². The zero-order valence-electron chi connectivity index (χ0n) is 8.15. The molecule has 0 aliphatic rings. The van der Waals surface area contributed by atoms with Crippen LogP contribution in [0, 0.1) is 0 Å². The molecule has 0 saturated heterocycles. The van der Waals surface area contributed by atoms with Gasteiger partial charge in [0.15, 0.2) is 0 Å². The summed E-state index contributed by atoms with van der Waals surface area (Å²) in [6.07, 6.45) is -1.44. The van der Waals surface area contributed by atoms with Crippen LogP contribution in [0.2, 0.25) is 0 Å². The summed E-state index contributed by atoms with van der Waals surface area (Å²) in [7, 11) is -3.85. The van der Waals surface area contributed by atoms with Crippen LogP contribution in [0.3, 0.4) is 0 Å². The maximum Gasteiger partial charge on any atom is 0.511 e. The average Bonchev–Trinajstić information content (AvgIpc) is 2.58. The van der Waals surface area contributed by atoms with Gasteiger partial charge in [-0.15, -0.1) is 11.3 Å². The fraction of sp³-hybridized carbons (Fsp3) is 0. The van der Waals surface area contributed by atoms with Gasteiger partial charge in [0.05, 0.1) is 10.2 Å². The molecule has 90 valence electrons. The Bertz CT molecular complexity index is 691. The second kappa shape index (κ2) is 3.95. The molecule has 3 N–H and O–H groups in total. The Kier molecular flexibility index (Phi) is 2.73. The van der Waals surface area contributed by atoms with E-state index in [9.17, 15) is 13.2 Å². The number of hydrogen-bond donors (Lipinski definition) is 2. The molecule has 0 aliphatic heterocycles. The number of nitrogens with two attached hydrogens (primary N) is 1. The molecule has 2 rings (SSSR count). The molecule has 1 aromatic heterocycles. The molecule has 1 heterocycles. The van der Waals surface area contributed by atoms with Crippen LogP contribution in [-0.4, -0.2) is 24.7 Å². The summed E-state index contributed by atoms with van der Waals surface area (Å²) in [5.41, 5.74) is 0.414. The molecule has 0 atom stereocenters. The number of carbonyl (C=O) groups is 1. The monoisotopic (exact) mass is 274 g/mol. The van der Waals surface area contributed by atoms with Crippen LogP contribution in [0.25, 0.3) is 10.2 Å². The molecule has 1 aromatic carbocycles. The number of ether oxygens (including phenoxy) is 1. The van der Waals surface area contributed by atoms with E-state index in [-0.39, 0.29) is 10.1 Å². The predicted octanol–water partition coefficient (Wildman–Crippen LogP) is 1.00. The van der Waals surface area contributed by atoms with Gasteiger partial charge in [-0.1, -0.05) is 0 Å². The van der Waals surface area contributed by atoms with E-state index in [1.54, 1.807) is 0 Å². The first-order valence-electron chi connectivity index (χ1n) is 4.20. The van der Waals surface area contributed by atoms with E-state index < -0.39 is 16.2 Å². The number of thiazole rings is 1. The number of hydrogen-bond acceptors (Lipinski definition) is 6. The van der Waals surface area contributed by atoms with Crippen LogP contribution in [-0.2, 0) is 10.0 Å². The van der Waals surface area contributed by atoms with Crippen LogP contribution in [0.4, 0.5) is 4.79 Å². The first-order chi connectivity index (χ1) is 7.86. The number of carboxylic acid groups (broad SMARTS) is 1. The van der Waals surface area contributed by atoms with Crippen molar-refractivity contribution in [3.63, 3.8) is 0 Å². The number of fused-ring (bicyclic) bond motifs is 1. The van der Waals surface area contributed by atoms with Gasteiger partial charge >= 0.3 is 6.16 Å². The number of rotatable bonds is 2. The lowest BCUT2D eigenvalue weighted by molar-refractivity contribution is 0.144. The van der Waals surface area contributed by atoms with Gasteiger partial charge in [0, 0.05) is 6.07 Å². The average molecular weight is 274 g/mol. The van der Waals surface area contributed by atoms with E-state index in [4.69, 9.17) is 10.2 Å². The fourth-order valence-corrected chi connectivity index (χ4v) is 2.85. The molecule has 0 spiro atoms. The summed E-state index contributed by atoms with van der Waals surface area (Å²) in [4.78, 5) is 14.1. The number of benzene rings is 1. The van der Waals surface area contributed by atoms with E-state index in [0.717, 1.165) is 11.3 Å². The van der Waals surface area contributed by atoms with Gasteiger partial charge in [-0.05, 0) is 12.1 Å². The van der Waals surface area contributed by atoms with Crippen LogP contribution in [0.5, 0.6) is 5.75 Å². The highest BCUT2D eigenvalue weighted by Crippen LogP contribution is 2.28. The Morgan fingerprint density at radius 3 is 2.76 bits per heavy atom. The molecule has 0 bridgehead atoms. The van der Waals surface area contributed by atoms with Gasteiger partial charge in [0.1, 0.15) is 5.75 Å². The standard InChI is InChI=1S/C8H6N2O5S2/c9-17(13,14)7-10-5-2-1-4(15-8(11)12)3-6(5)16-7/h1-3H,(H,11,12)(H2,9,13,14). The van der Waals surface area contributed by atoms with Crippen molar-refractivity contribution in [2.45, 2.75) is 4.34 Å². The third-order valence-electron chi connectivity index (χ3n) is 1.79. The Morgan fingerprint density at radius 1 is 1.47 bits per heavy atom. The molecule has 0 amide bonds. The van der Waals surface area contributed by atoms with Crippen molar-refractivity contribution in [1.29, 1.82) is 0 Å². The molecule has 7 nitrogen and oxygen atoms in total. The zero-order chi connectivity index (χ0) is 12.6. The molecular weight excluding hydrogens is 268 g/mol. The van der Waals surface area contributed by atoms with E-state index in [1.807, 2.05) is 0 Å².